The second kappa shape index (κ2) is 5.39. The number of hydrogen-bond acceptors (Lipinski definition) is 6. The zero-order valence-corrected chi connectivity index (χ0v) is 12.9. The maximum absolute atomic E-state index is 12.5. The van der Waals surface area contributed by atoms with Gasteiger partial charge in [-0.1, -0.05) is 0 Å². The minimum Gasteiger partial charge on any atom is -0.493 e. The number of Topliss-reactive ketones (excluding diaryl/α,β-unsaturated/α-hetero) is 1. The molecule has 0 saturated carbocycles. The first-order valence-electron chi connectivity index (χ1n) is 6.96. The fourth-order valence-corrected chi connectivity index (χ4v) is 2.66. The molecule has 1 aliphatic carbocycles. The number of ketones is 2. The van der Waals surface area contributed by atoms with Gasteiger partial charge in [-0.3, -0.25) is 14.4 Å². The van der Waals surface area contributed by atoms with E-state index in [2.05, 4.69) is 0 Å². The predicted octanol–water partition coefficient (Wildman–Crippen LogP) is 2.41. The van der Waals surface area contributed by atoms with Crippen LogP contribution in [0.1, 0.15) is 45.7 Å². The van der Waals surface area contributed by atoms with Gasteiger partial charge in [0.2, 0.25) is 5.78 Å². The Morgan fingerprint density at radius 3 is 2.65 bits per heavy atom. The lowest BCUT2D eigenvalue weighted by atomic mass is 9.87. The van der Waals surface area contributed by atoms with Gasteiger partial charge in [-0.05, 0) is 24.6 Å². The minimum absolute atomic E-state index is 0.0380. The van der Waals surface area contributed by atoms with Gasteiger partial charge in [0.05, 0.1) is 18.4 Å². The molecule has 1 heterocycles. The highest BCUT2D eigenvalue weighted by atomic mass is 16.5. The SMILES string of the molecule is COC1=CC(=O)c2c(cc3c(c2OC(C)=O)COC(C)=C3)C1=O. The van der Waals surface area contributed by atoms with Gasteiger partial charge in [0.1, 0.15) is 12.4 Å². The van der Waals surface area contributed by atoms with Crippen molar-refractivity contribution in [1.29, 1.82) is 0 Å². The standard InChI is InChI=1S/C17H14O6/c1-8-4-10-5-11-15(13(19)6-14(21-3)16(11)20)17(23-9(2)18)12(10)7-22-8/h4-6H,7H2,1-3H3. The largest absolute Gasteiger partial charge is 0.493 e. The molecular weight excluding hydrogens is 300 g/mol. The molecule has 0 bridgehead atoms. The van der Waals surface area contributed by atoms with Crippen LogP contribution in [0.15, 0.2) is 23.7 Å². The molecule has 118 valence electrons. The lowest BCUT2D eigenvalue weighted by Crippen LogP contribution is -2.22. The monoisotopic (exact) mass is 314 g/mol. The van der Waals surface area contributed by atoms with Crippen LogP contribution in [0.25, 0.3) is 6.08 Å². The second-order valence-corrected chi connectivity index (χ2v) is 5.24. The Bertz CT molecular complexity index is 813. The summed E-state index contributed by atoms with van der Waals surface area (Å²) in [7, 11) is 1.32. The molecule has 23 heavy (non-hydrogen) atoms. The van der Waals surface area contributed by atoms with Crippen molar-refractivity contribution >= 4 is 23.6 Å². The molecule has 0 fully saturated rings. The van der Waals surface area contributed by atoms with Gasteiger partial charge in [0.15, 0.2) is 11.5 Å². The van der Waals surface area contributed by atoms with Crippen molar-refractivity contribution in [3.05, 3.63) is 45.9 Å². The number of esters is 1. The van der Waals surface area contributed by atoms with Crippen LogP contribution in [0.4, 0.5) is 0 Å². The van der Waals surface area contributed by atoms with Crippen molar-refractivity contribution in [2.24, 2.45) is 0 Å². The van der Waals surface area contributed by atoms with Crippen molar-refractivity contribution in [1.82, 2.24) is 0 Å². The lowest BCUT2D eigenvalue weighted by Gasteiger charge is -2.24. The molecule has 0 saturated heterocycles. The normalized spacial score (nSPS) is 15.8. The van der Waals surface area contributed by atoms with Gasteiger partial charge in [-0.15, -0.1) is 0 Å². The third kappa shape index (κ3) is 2.42. The summed E-state index contributed by atoms with van der Waals surface area (Å²) in [5.74, 6) is -0.725. The van der Waals surface area contributed by atoms with E-state index in [1.54, 1.807) is 19.1 Å². The van der Waals surface area contributed by atoms with E-state index in [0.717, 1.165) is 6.08 Å². The van der Waals surface area contributed by atoms with Crippen LogP contribution in [0.3, 0.4) is 0 Å². The summed E-state index contributed by atoms with van der Waals surface area (Å²) in [6.07, 6.45) is 2.84. The first-order chi connectivity index (χ1) is 10.9. The van der Waals surface area contributed by atoms with Crippen LogP contribution in [0.2, 0.25) is 0 Å². The Hall–Kier alpha value is -2.89. The number of allylic oxidation sites excluding steroid dienone is 3. The summed E-state index contributed by atoms with van der Waals surface area (Å²) in [6, 6.07) is 1.61. The van der Waals surface area contributed by atoms with Crippen LogP contribution in [0, 0.1) is 0 Å². The molecule has 1 aromatic carbocycles. The number of fused-ring (bicyclic) bond motifs is 2. The van der Waals surface area contributed by atoms with Crippen LogP contribution >= 0.6 is 0 Å². The molecule has 0 unspecified atom stereocenters. The highest BCUT2D eigenvalue weighted by Gasteiger charge is 2.33. The highest BCUT2D eigenvalue weighted by Crippen LogP contribution is 2.38. The summed E-state index contributed by atoms with van der Waals surface area (Å²) in [5.41, 5.74) is 1.49. The van der Waals surface area contributed by atoms with E-state index < -0.39 is 17.5 Å². The molecule has 0 amide bonds. The van der Waals surface area contributed by atoms with E-state index >= 15 is 0 Å². The highest BCUT2D eigenvalue weighted by molar-refractivity contribution is 6.25. The average molecular weight is 314 g/mol. The molecule has 0 spiro atoms. The van der Waals surface area contributed by atoms with Gasteiger partial charge in [-0.2, -0.15) is 0 Å². The van der Waals surface area contributed by atoms with Crippen LogP contribution < -0.4 is 4.74 Å². The Morgan fingerprint density at radius 2 is 2.00 bits per heavy atom. The van der Waals surface area contributed by atoms with Crippen molar-refractivity contribution in [3.63, 3.8) is 0 Å². The zero-order chi connectivity index (χ0) is 16.7. The first-order valence-corrected chi connectivity index (χ1v) is 6.96. The van der Waals surface area contributed by atoms with Gasteiger partial charge in [-0.25, -0.2) is 0 Å². The summed E-state index contributed by atoms with van der Waals surface area (Å²) < 4.78 is 15.7. The number of hydrogen-bond donors (Lipinski definition) is 0. The van der Waals surface area contributed by atoms with E-state index in [1.807, 2.05) is 0 Å². The number of benzene rings is 1. The lowest BCUT2D eigenvalue weighted by molar-refractivity contribution is -0.132. The van der Waals surface area contributed by atoms with Crippen molar-refractivity contribution in [3.8, 4) is 5.75 Å². The summed E-state index contributed by atoms with van der Waals surface area (Å²) in [6.45, 7) is 3.18. The molecule has 3 rings (SSSR count). The van der Waals surface area contributed by atoms with Crippen molar-refractivity contribution in [2.75, 3.05) is 7.11 Å². The third-order valence-corrected chi connectivity index (χ3v) is 3.66. The third-order valence-electron chi connectivity index (χ3n) is 3.66. The Kier molecular flexibility index (Phi) is 3.52. The molecule has 0 aromatic heterocycles. The van der Waals surface area contributed by atoms with E-state index in [1.165, 1.54) is 14.0 Å². The average Bonchev–Trinajstić information content (AvgIpc) is 2.49. The van der Waals surface area contributed by atoms with Gasteiger partial charge in [0.25, 0.3) is 0 Å². The number of ether oxygens (including phenoxy) is 3. The van der Waals surface area contributed by atoms with E-state index in [9.17, 15) is 14.4 Å². The fourth-order valence-electron chi connectivity index (χ4n) is 2.66. The molecule has 2 aliphatic rings. The molecule has 1 aromatic rings. The van der Waals surface area contributed by atoms with Gasteiger partial charge < -0.3 is 14.2 Å². The topological polar surface area (TPSA) is 78.9 Å². The second-order valence-electron chi connectivity index (χ2n) is 5.24. The summed E-state index contributed by atoms with van der Waals surface area (Å²) in [5, 5.41) is 0. The number of rotatable bonds is 2. The number of carbonyl (C=O) groups excluding carboxylic acids is 3. The maximum Gasteiger partial charge on any atom is 0.308 e. The molecule has 6 nitrogen and oxygen atoms in total. The number of methoxy groups -OCH3 is 1. The molecule has 6 heteroatoms. The number of carbonyl (C=O) groups is 3. The van der Waals surface area contributed by atoms with Crippen LogP contribution in [-0.2, 0) is 20.9 Å². The first kappa shape index (κ1) is 15.0. The van der Waals surface area contributed by atoms with Crippen LogP contribution in [0.5, 0.6) is 5.75 Å². The maximum atomic E-state index is 12.5. The molecule has 1 aliphatic heterocycles. The summed E-state index contributed by atoms with van der Waals surface area (Å²) in [4.78, 5) is 36.3. The predicted molar refractivity (Wildman–Crippen MR) is 79.9 cm³/mol. The van der Waals surface area contributed by atoms with E-state index in [0.29, 0.717) is 16.9 Å². The fraction of sp³-hybridized carbons (Fsp3) is 0.235. The van der Waals surface area contributed by atoms with Crippen molar-refractivity contribution in [2.45, 2.75) is 20.5 Å². The Morgan fingerprint density at radius 1 is 1.26 bits per heavy atom. The minimum atomic E-state index is -0.575. The zero-order valence-electron chi connectivity index (χ0n) is 12.9. The van der Waals surface area contributed by atoms with Gasteiger partial charge >= 0.3 is 5.97 Å². The van der Waals surface area contributed by atoms with Crippen LogP contribution in [-0.4, -0.2) is 24.6 Å². The quantitative estimate of drug-likeness (QED) is 0.616. The smallest absolute Gasteiger partial charge is 0.308 e. The van der Waals surface area contributed by atoms with Crippen molar-refractivity contribution < 1.29 is 28.6 Å². The Balaban J connectivity index is 2.31. The molecule has 0 N–H and O–H groups in total. The van der Waals surface area contributed by atoms with Gasteiger partial charge in [0, 0.05) is 24.1 Å². The molecular formula is C17H14O6. The Labute approximate surface area is 132 Å². The van der Waals surface area contributed by atoms with E-state index in [-0.39, 0.29) is 29.2 Å². The molecule has 0 radical (unpaired) electrons. The summed E-state index contributed by atoms with van der Waals surface area (Å²) >= 11 is 0. The molecule has 0 atom stereocenters. The van der Waals surface area contributed by atoms with E-state index in [4.69, 9.17) is 14.2 Å².